The molecule has 0 aromatic heterocycles. The lowest BCUT2D eigenvalue weighted by Crippen LogP contribution is -2.34. The Balaban J connectivity index is 2.26. The van der Waals surface area contributed by atoms with Gasteiger partial charge >= 0.3 is 0 Å². The van der Waals surface area contributed by atoms with Crippen LogP contribution in [0.4, 0.5) is 0 Å². The quantitative estimate of drug-likeness (QED) is 0.273. The molecular formula is C28H56. The molecule has 0 heteroatoms. The van der Waals surface area contributed by atoms with Crippen LogP contribution in [0.1, 0.15) is 139 Å². The molecule has 0 nitrogen and oxygen atoms in total. The molecule has 168 valence electrons. The Bertz CT molecular complexity index is 402. The van der Waals surface area contributed by atoms with Gasteiger partial charge in [0.1, 0.15) is 0 Å². The van der Waals surface area contributed by atoms with Gasteiger partial charge in [0.2, 0.25) is 0 Å². The van der Waals surface area contributed by atoms with E-state index in [9.17, 15) is 0 Å². The van der Waals surface area contributed by atoms with Gasteiger partial charge in [-0.05, 0) is 66.1 Å². The average Bonchev–Trinajstić information content (AvgIpc) is 2.58. The lowest BCUT2D eigenvalue weighted by molar-refractivity contribution is 0.0606. The molecule has 1 saturated carbocycles. The molecule has 0 amide bonds. The minimum absolute atomic E-state index is 0.531. The van der Waals surface area contributed by atoms with Gasteiger partial charge in [-0.1, -0.05) is 114 Å². The largest absolute Gasteiger partial charge is 0.0628 e. The molecular weight excluding hydrogens is 336 g/mol. The van der Waals surface area contributed by atoms with E-state index in [1.54, 1.807) is 0 Å². The lowest BCUT2D eigenvalue weighted by atomic mass is 9.61. The molecule has 0 aliphatic heterocycles. The third kappa shape index (κ3) is 10.2. The standard InChI is InChI=1S/C28H56/c1-22(2)15-16-23(3)13-10-11-18-27(6,7)20-17-24(4)21-26-25(5)14-12-19-28(26,8)9/h22-26H,10-21H2,1-9H3. The molecule has 0 radical (unpaired) electrons. The van der Waals surface area contributed by atoms with Gasteiger partial charge in [0.15, 0.2) is 0 Å². The highest BCUT2D eigenvalue weighted by Crippen LogP contribution is 2.47. The van der Waals surface area contributed by atoms with Crippen molar-refractivity contribution in [3.8, 4) is 0 Å². The fourth-order valence-electron chi connectivity index (χ4n) is 5.76. The smallest absolute Gasteiger partial charge is 0.0323 e. The van der Waals surface area contributed by atoms with E-state index in [2.05, 4.69) is 62.3 Å². The Morgan fingerprint density at radius 1 is 0.857 bits per heavy atom. The lowest BCUT2D eigenvalue weighted by Gasteiger charge is -2.44. The van der Waals surface area contributed by atoms with Crippen LogP contribution in [0.25, 0.3) is 0 Å². The predicted octanol–water partition coefficient (Wildman–Crippen LogP) is 9.91. The summed E-state index contributed by atoms with van der Waals surface area (Å²) in [5, 5.41) is 0. The van der Waals surface area contributed by atoms with Gasteiger partial charge < -0.3 is 0 Å². The maximum atomic E-state index is 2.53. The Morgan fingerprint density at radius 3 is 2.14 bits per heavy atom. The van der Waals surface area contributed by atoms with Crippen molar-refractivity contribution in [2.75, 3.05) is 0 Å². The van der Waals surface area contributed by atoms with E-state index in [4.69, 9.17) is 0 Å². The van der Waals surface area contributed by atoms with Gasteiger partial charge in [0.25, 0.3) is 0 Å². The van der Waals surface area contributed by atoms with Gasteiger partial charge in [0.05, 0.1) is 0 Å². The molecule has 0 aromatic carbocycles. The highest BCUT2D eigenvalue weighted by atomic mass is 14.4. The molecule has 1 fully saturated rings. The topological polar surface area (TPSA) is 0 Å². The summed E-state index contributed by atoms with van der Waals surface area (Å²) in [6.45, 7) is 22.3. The van der Waals surface area contributed by atoms with Gasteiger partial charge in [-0.2, -0.15) is 0 Å². The number of hydrogen-bond acceptors (Lipinski definition) is 0. The second-order valence-corrected chi connectivity index (χ2v) is 12.8. The third-order valence-corrected chi connectivity index (χ3v) is 8.18. The van der Waals surface area contributed by atoms with Gasteiger partial charge in [-0.3, -0.25) is 0 Å². The molecule has 1 aliphatic rings. The Morgan fingerprint density at radius 2 is 1.54 bits per heavy atom. The van der Waals surface area contributed by atoms with Crippen LogP contribution in [0, 0.1) is 40.4 Å². The van der Waals surface area contributed by atoms with Crippen molar-refractivity contribution in [2.45, 2.75) is 139 Å². The average molecular weight is 393 g/mol. The molecule has 0 N–H and O–H groups in total. The molecule has 0 saturated heterocycles. The van der Waals surface area contributed by atoms with Crippen molar-refractivity contribution in [1.82, 2.24) is 0 Å². The second-order valence-electron chi connectivity index (χ2n) is 12.8. The predicted molar refractivity (Wildman–Crippen MR) is 129 cm³/mol. The summed E-state index contributed by atoms with van der Waals surface area (Å²) in [6, 6.07) is 0. The fraction of sp³-hybridized carbons (Fsp3) is 1.00. The first kappa shape index (κ1) is 26.0. The molecule has 4 atom stereocenters. The zero-order chi connectivity index (χ0) is 21.4. The molecule has 0 spiro atoms. The molecule has 28 heavy (non-hydrogen) atoms. The number of rotatable bonds is 13. The van der Waals surface area contributed by atoms with Crippen LogP contribution in [-0.2, 0) is 0 Å². The molecule has 0 bridgehead atoms. The summed E-state index contributed by atoms with van der Waals surface area (Å²) in [7, 11) is 0. The normalized spacial score (nSPS) is 25.1. The molecule has 1 aliphatic carbocycles. The fourth-order valence-corrected chi connectivity index (χ4v) is 5.76. The Hall–Kier alpha value is 0. The van der Waals surface area contributed by atoms with Crippen LogP contribution in [0.2, 0.25) is 0 Å². The van der Waals surface area contributed by atoms with Gasteiger partial charge in [-0.25, -0.2) is 0 Å². The van der Waals surface area contributed by atoms with Crippen molar-refractivity contribution in [3.63, 3.8) is 0 Å². The summed E-state index contributed by atoms with van der Waals surface area (Å²) >= 11 is 0. The first-order valence-corrected chi connectivity index (χ1v) is 12.9. The Labute approximate surface area is 180 Å². The van der Waals surface area contributed by atoms with E-state index < -0.39 is 0 Å². The zero-order valence-electron chi connectivity index (χ0n) is 21.4. The maximum Gasteiger partial charge on any atom is -0.0323 e. The van der Waals surface area contributed by atoms with Crippen LogP contribution in [0.15, 0.2) is 0 Å². The maximum absolute atomic E-state index is 2.53. The van der Waals surface area contributed by atoms with E-state index in [1.807, 2.05) is 0 Å². The van der Waals surface area contributed by atoms with Crippen molar-refractivity contribution >= 4 is 0 Å². The summed E-state index contributed by atoms with van der Waals surface area (Å²) in [5.41, 5.74) is 1.09. The molecule has 1 rings (SSSR count). The van der Waals surface area contributed by atoms with E-state index in [0.717, 1.165) is 29.6 Å². The third-order valence-electron chi connectivity index (χ3n) is 8.18. The van der Waals surface area contributed by atoms with Crippen LogP contribution >= 0.6 is 0 Å². The molecule has 0 heterocycles. The monoisotopic (exact) mass is 392 g/mol. The van der Waals surface area contributed by atoms with E-state index in [1.165, 1.54) is 77.0 Å². The van der Waals surface area contributed by atoms with Crippen LogP contribution in [-0.4, -0.2) is 0 Å². The van der Waals surface area contributed by atoms with Crippen molar-refractivity contribution < 1.29 is 0 Å². The van der Waals surface area contributed by atoms with Crippen LogP contribution in [0.5, 0.6) is 0 Å². The summed E-state index contributed by atoms with van der Waals surface area (Å²) in [4.78, 5) is 0. The van der Waals surface area contributed by atoms with E-state index in [0.29, 0.717) is 10.8 Å². The van der Waals surface area contributed by atoms with Crippen molar-refractivity contribution in [2.24, 2.45) is 40.4 Å². The van der Waals surface area contributed by atoms with Crippen molar-refractivity contribution in [3.05, 3.63) is 0 Å². The van der Waals surface area contributed by atoms with E-state index >= 15 is 0 Å². The summed E-state index contributed by atoms with van der Waals surface area (Å²) in [5.74, 6) is 4.54. The summed E-state index contributed by atoms with van der Waals surface area (Å²) in [6.07, 6.45) is 17.2. The van der Waals surface area contributed by atoms with Crippen LogP contribution < -0.4 is 0 Å². The van der Waals surface area contributed by atoms with Crippen molar-refractivity contribution in [1.29, 1.82) is 0 Å². The zero-order valence-corrected chi connectivity index (χ0v) is 21.4. The van der Waals surface area contributed by atoms with Gasteiger partial charge in [0, 0.05) is 0 Å². The minimum atomic E-state index is 0.531. The number of hydrogen-bond donors (Lipinski definition) is 0. The number of unbranched alkanes of at least 4 members (excludes halogenated alkanes) is 1. The SMILES string of the molecule is CC(C)CCC(C)CCCCC(C)(C)CCC(C)CC1C(C)CCCC1(C)C. The minimum Gasteiger partial charge on any atom is -0.0628 e. The van der Waals surface area contributed by atoms with E-state index in [-0.39, 0.29) is 0 Å². The highest BCUT2D eigenvalue weighted by molar-refractivity contribution is 4.87. The summed E-state index contributed by atoms with van der Waals surface area (Å²) < 4.78 is 0. The highest BCUT2D eigenvalue weighted by Gasteiger charge is 2.37. The molecule has 4 unspecified atom stereocenters. The molecule has 0 aromatic rings. The Kier molecular flexibility index (Phi) is 11.2. The first-order valence-electron chi connectivity index (χ1n) is 12.9. The second kappa shape index (κ2) is 12.0. The first-order chi connectivity index (χ1) is 12.9. The van der Waals surface area contributed by atoms with Gasteiger partial charge in [-0.15, -0.1) is 0 Å². The van der Waals surface area contributed by atoms with Crippen LogP contribution in [0.3, 0.4) is 0 Å².